The van der Waals surface area contributed by atoms with Crippen molar-refractivity contribution in [2.75, 3.05) is 13.7 Å². The highest BCUT2D eigenvalue weighted by atomic mass is 16.5. The summed E-state index contributed by atoms with van der Waals surface area (Å²) in [5.41, 5.74) is 1.06. The van der Waals surface area contributed by atoms with Crippen LogP contribution in [0.15, 0.2) is 6.20 Å². The van der Waals surface area contributed by atoms with Crippen LogP contribution in [0.4, 0.5) is 0 Å². The molecule has 2 unspecified atom stereocenters. The molecule has 0 aliphatic heterocycles. The van der Waals surface area contributed by atoms with Crippen molar-refractivity contribution in [2.24, 2.45) is 5.92 Å². The SMILES string of the molecule is COC1CCCC(n2cc(CNCC3CC3)nn2)C1. The number of rotatable bonds is 6. The molecule has 2 aliphatic rings. The molecule has 0 radical (unpaired) electrons. The second-order valence-electron chi connectivity index (χ2n) is 5.94. The van der Waals surface area contributed by atoms with Crippen LogP contribution in [0, 0.1) is 5.92 Å². The summed E-state index contributed by atoms with van der Waals surface area (Å²) in [5.74, 6) is 0.913. The quantitative estimate of drug-likeness (QED) is 0.852. The van der Waals surface area contributed by atoms with Gasteiger partial charge in [0, 0.05) is 13.7 Å². The second kappa shape index (κ2) is 6.01. The zero-order valence-corrected chi connectivity index (χ0v) is 11.7. The topological polar surface area (TPSA) is 52.0 Å². The van der Waals surface area contributed by atoms with Crippen molar-refractivity contribution in [3.05, 3.63) is 11.9 Å². The minimum atomic E-state index is 0.388. The van der Waals surface area contributed by atoms with E-state index in [1.807, 2.05) is 11.8 Å². The lowest BCUT2D eigenvalue weighted by Gasteiger charge is -2.27. The summed E-state index contributed by atoms with van der Waals surface area (Å²) in [6.45, 7) is 1.97. The number of nitrogens with zero attached hydrogens (tertiary/aromatic N) is 3. The highest BCUT2D eigenvalue weighted by Crippen LogP contribution is 2.29. The summed E-state index contributed by atoms with van der Waals surface area (Å²) in [5, 5.41) is 12.0. The van der Waals surface area contributed by atoms with Crippen molar-refractivity contribution >= 4 is 0 Å². The molecule has 1 N–H and O–H groups in total. The summed E-state index contributed by atoms with van der Waals surface area (Å²) in [7, 11) is 1.81. The maximum Gasteiger partial charge on any atom is 0.0964 e. The molecule has 19 heavy (non-hydrogen) atoms. The molecule has 2 aliphatic carbocycles. The maximum absolute atomic E-state index is 5.47. The van der Waals surface area contributed by atoms with Crippen LogP contribution in [0.2, 0.25) is 0 Å². The van der Waals surface area contributed by atoms with E-state index in [9.17, 15) is 0 Å². The minimum absolute atomic E-state index is 0.388. The van der Waals surface area contributed by atoms with Crippen molar-refractivity contribution in [1.82, 2.24) is 20.3 Å². The van der Waals surface area contributed by atoms with Crippen LogP contribution in [0.5, 0.6) is 0 Å². The van der Waals surface area contributed by atoms with Gasteiger partial charge in [0.2, 0.25) is 0 Å². The zero-order chi connectivity index (χ0) is 13.1. The normalized spacial score (nSPS) is 27.6. The first-order valence-electron chi connectivity index (χ1n) is 7.49. The third-order valence-corrected chi connectivity index (χ3v) is 4.30. The van der Waals surface area contributed by atoms with Crippen molar-refractivity contribution in [3.63, 3.8) is 0 Å². The summed E-state index contributed by atoms with van der Waals surface area (Å²) in [6.07, 6.45) is 9.92. The van der Waals surface area contributed by atoms with Crippen LogP contribution in [0.1, 0.15) is 50.3 Å². The molecular formula is C14H24N4O. The number of hydrogen-bond acceptors (Lipinski definition) is 4. The molecule has 1 heterocycles. The molecule has 2 atom stereocenters. The van der Waals surface area contributed by atoms with Crippen molar-refractivity contribution in [2.45, 2.75) is 57.2 Å². The van der Waals surface area contributed by atoms with Gasteiger partial charge in [0.1, 0.15) is 0 Å². The lowest BCUT2D eigenvalue weighted by atomic mass is 9.93. The first-order valence-corrected chi connectivity index (χ1v) is 7.49. The molecule has 2 saturated carbocycles. The Bertz CT molecular complexity index is 402. The summed E-state index contributed by atoms with van der Waals surface area (Å²) in [6, 6.07) is 0.461. The molecule has 0 spiro atoms. The Hall–Kier alpha value is -0.940. The van der Waals surface area contributed by atoms with E-state index in [1.54, 1.807) is 0 Å². The van der Waals surface area contributed by atoms with Crippen LogP contribution < -0.4 is 5.32 Å². The van der Waals surface area contributed by atoms with Crippen LogP contribution in [0.3, 0.4) is 0 Å². The predicted octanol–water partition coefficient (Wildman–Crippen LogP) is 1.91. The Balaban J connectivity index is 1.51. The van der Waals surface area contributed by atoms with Crippen LogP contribution in [0.25, 0.3) is 0 Å². The average molecular weight is 264 g/mol. The predicted molar refractivity (Wildman–Crippen MR) is 72.8 cm³/mol. The van der Waals surface area contributed by atoms with Crippen LogP contribution in [-0.4, -0.2) is 34.8 Å². The Kier molecular flexibility index (Phi) is 4.13. The van der Waals surface area contributed by atoms with Gasteiger partial charge in [-0.3, -0.25) is 0 Å². The van der Waals surface area contributed by atoms with Crippen molar-refractivity contribution in [1.29, 1.82) is 0 Å². The van der Waals surface area contributed by atoms with Gasteiger partial charge >= 0.3 is 0 Å². The molecule has 0 saturated heterocycles. The number of hydrogen-bond donors (Lipinski definition) is 1. The summed E-state index contributed by atoms with van der Waals surface area (Å²) >= 11 is 0. The Morgan fingerprint density at radius 3 is 3.05 bits per heavy atom. The van der Waals surface area contributed by atoms with Gasteiger partial charge in [0.25, 0.3) is 0 Å². The molecule has 0 amide bonds. The van der Waals surface area contributed by atoms with E-state index in [1.165, 1.54) is 32.1 Å². The van der Waals surface area contributed by atoms with Gasteiger partial charge < -0.3 is 10.1 Å². The first kappa shape index (κ1) is 13.1. The highest BCUT2D eigenvalue weighted by Gasteiger charge is 2.24. The molecule has 5 heteroatoms. The molecule has 5 nitrogen and oxygen atoms in total. The summed E-state index contributed by atoms with van der Waals surface area (Å²) in [4.78, 5) is 0. The van der Waals surface area contributed by atoms with Gasteiger partial charge in [0.15, 0.2) is 0 Å². The fourth-order valence-corrected chi connectivity index (χ4v) is 2.87. The lowest BCUT2D eigenvalue weighted by Crippen LogP contribution is -2.24. The first-order chi connectivity index (χ1) is 9.35. The molecule has 0 bridgehead atoms. The molecule has 106 valence electrons. The van der Waals surface area contributed by atoms with Crippen LogP contribution >= 0.6 is 0 Å². The Labute approximate surface area is 114 Å². The van der Waals surface area contributed by atoms with E-state index in [2.05, 4.69) is 21.8 Å². The van der Waals surface area contributed by atoms with Gasteiger partial charge in [-0.15, -0.1) is 5.10 Å². The Morgan fingerprint density at radius 2 is 2.26 bits per heavy atom. The number of methoxy groups -OCH3 is 1. The fraction of sp³-hybridized carbons (Fsp3) is 0.857. The minimum Gasteiger partial charge on any atom is -0.381 e. The Morgan fingerprint density at radius 1 is 1.37 bits per heavy atom. The largest absolute Gasteiger partial charge is 0.381 e. The zero-order valence-electron chi connectivity index (χ0n) is 11.7. The molecule has 1 aromatic heterocycles. The number of aromatic nitrogens is 3. The lowest BCUT2D eigenvalue weighted by molar-refractivity contribution is 0.0504. The highest BCUT2D eigenvalue weighted by molar-refractivity contribution is 4.94. The van der Waals surface area contributed by atoms with E-state index in [0.29, 0.717) is 12.1 Å². The van der Waals surface area contributed by atoms with Gasteiger partial charge in [-0.2, -0.15) is 0 Å². The number of nitrogens with one attached hydrogen (secondary N) is 1. The molecule has 0 aromatic carbocycles. The van der Waals surface area contributed by atoms with Crippen molar-refractivity contribution < 1.29 is 4.74 Å². The smallest absolute Gasteiger partial charge is 0.0964 e. The third kappa shape index (κ3) is 3.54. The molecular weight excluding hydrogens is 240 g/mol. The van der Waals surface area contributed by atoms with E-state index in [-0.39, 0.29) is 0 Å². The van der Waals surface area contributed by atoms with Gasteiger partial charge in [0.05, 0.1) is 24.0 Å². The molecule has 3 rings (SSSR count). The van der Waals surface area contributed by atoms with E-state index >= 15 is 0 Å². The molecule has 2 fully saturated rings. The second-order valence-corrected chi connectivity index (χ2v) is 5.94. The average Bonchev–Trinajstić information content (AvgIpc) is 3.15. The van der Waals surface area contributed by atoms with E-state index < -0.39 is 0 Å². The molecule has 1 aromatic rings. The monoisotopic (exact) mass is 264 g/mol. The fourth-order valence-electron chi connectivity index (χ4n) is 2.87. The maximum atomic E-state index is 5.47. The van der Waals surface area contributed by atoms with Gasteiger partial charge in [-0.25, -0.2) is 4.68 Å². The van der Waals surface area contributed by atoms with Crippen molar-refractivity contribution in [3.8, 4) is 0 Å². The van der Waals surface area contributed by atoms with E-state index in [0.717, 1.165) is 31.1 Å². The van der Waals surface area contributed by atoms with Gasteiger partial charge in [-0.05, 0) is 51.0 Å². The number of ether oxygens (including phenoxy) is 1. The standard InChI is InChI=1S/C14H24N4O/c1-19-14-4-2-3-13(7-14)18-10-12(16-17-18)9-15-8-11-5-6-11/h10-11,13-15H,2-9H2,1H3. The summed E-state index contributed by atoms with van der Waals surface area (Å²) < 4.78 is 7.51. The van der Waals surface area contributed by atoms with Crippen LogP contribution in [-0.2, 0) is 11.3 Å². The van der Waals surface area contributed by atoms with Gasteiger partial charge in [-0.1, -0.05) is 5.21 Å². The third-order valence-electron chi connectivity index (χ3n) is 4.30. The van der Waals surface area contributed by atoms with E-state index in [4.69, 9.17) is 4.74 Å².